The van der Waals surface area contributed by atoms with Crippen molar-refractivity contribution in [3.8, 4) is 0 Å². The molecule has 0 saturated carbocycles. The molecule has 6 nitrogen and oxygen atoms in total. The number of carboxylic acid groups (broad SMARTS) is 1. The number of hydrogen-bond acceptors (Lipinski definition) is 4. The number of halogens is 3. The van der Waals surface area contributed by atoms with Gasteiger partial charge in [-0.15, -0.1) is 0 Å². The number of rotatable bonds is 6. The smallest absolute Gasteiger partial charge is 0.321 e. The zero-order chi connectivity index (χ0) is 28.6. The molecule has 0 spiro atoms. The van der Waals surface area contributed by atoms with Crippen LogP contribution in [-0.4, -0.2) is 82.0 Å². The van der Waals surface area contributed by atoms with Crippen molar-refractivity contribution in [3.63, 3.8) is 0 Å². The van der Waals surface area contributed by atoms with E-state index < -0.39 is 23.7 Å². The van der Waals surface area contributed by atoms with Gasteiger partial charge in [0.1, 0.15) is 17.7 Å². The standard InChI is InChI=1S/C30H38ClF2N3O3/c1-18-12-20(6-9-25(18)32)13-27(29(38)39)34-10-11-36(19(2)15-34)28(37)24-17-35(30(3,4)5)16-23(24)22-8-7-21(31)14-26(22)33/h6-9,12,14,19,23-24,27H,10-11,13,15-17H2,1-5H3,(H,38,39)/t19-,23-,24+,27-/m0/s1. The fourth-order valence-electron chi connectivity index (χ4n) is 5.96. The van der Waals surface area contributed by atoms with Gasteiger partial charge in [-0.2, -0.15) is 0 Å². The van der Waals surface area contributed by atoms with Gasteiger partial charge < -0.3 is 10.0 Å². The van der Waals surface area contributed by atoms with Crippen LogP contribution in [0, 0.1) is 24.5 Å². The molecule has 4 rings (SSSR count). The molecule has 0 radical (unpaired) electrons. The van der Waals surface area contributed by atoms with Gasteiger partial charge in [0.2, 0.25) is 5.91 Å². The molecule has 2 aliphatic rings. The topological polar surface area (TPSA) is 64.1 Å². The van der Waals surface area contributed by atoms with Gasteiger partial charge in [-0.25, -0.2) is 8.78 Å². The molecule has 2 aromatic carbocycles. The lowest BCUT2D eigenvalue weighted by Gasteiger charge is -2.43. The van der Waals surface area contributed by atoms with Crippen molar-refractivity contribution < 1.29 is 23.5 Å². The maximum Gasteiger partial charge on any atom is 0.321 e. The minimum absolute atomic E-state index is 0.0331. The van der Waals surface area contributed by atoms with Gasteiger partial charge in [-0.05, 0) is 75.9 Å². The number of carbonyl (C=O) groups excluding carboxylic acids is 1. The van der Waals surface area contributed by atoms with Crippen molar-refractivity contribution in [2.24, 2.45) is 5.92 Å². The van der Waals surface area contributed by atoms with Crippen molar-refractivity contribution in [2.75, 3.05) is 32.7 Å². The summed E-state index contributed by atoms with van der Waals surface area (Å²) in [5.41, 5.74) is 1.55. The predicted molar refractivity (Wildman–Crippen MR) is 148 cm³/mol. The van der Waals surface area contributed by atoms with Crippen LogP contribution in [0.1, 0.15) is 50.3 Å². The number of amides is 1. The zero-order valence-electron chi connectivity index (χ0n) is 23.3. The van der Waals surface area contributed by atoms with Crippen LogP contribution in [0.25, 0.3) is 0 Å². The zero-order valence-corrected chi connectivity index (χ0v) is 24.0. The fourth-order valence-corrected chi connectivity index (χ4v) is 6.12. The third-order valence-corrected chi connectivity index (χ3v) is 8.50. The summed E-state index contributed by atoms with van der Waals surface area (Å²) in [6.45, 7) is 12.1. The Balaban J connectivity index is 1.51. The number of aliphatic carboxylic acids is 1. The van der Waals surface area contributed by atoms with Gasteiger partial charge in [0.15, 0.2) is 0 Å². The molecule has 9 heteroatoms. The first kappa shape index (κ1) is 29.4. The molecule has 0 aliphatic carbocycles. The molecule has 0 bridgehead atoms. The van der Waals surface area contributed by atoms with Crippen LogP contribution in [0.2, 0.25) is 5.02 Å². The number of piperazine rings is 1. The minimum atomic E-state index is -0.946. The van der Waals surface area contributed by atoms with Crippen LogP contribution in [0.15, 0.2) is 36.4 Å². The Morgan fingerprint density at radius 3 is 2.36 bits per heavy atom. The molecule has 0 unspecified atom stereocenters. The molecule has 2 heterocycles. The Labute approximate surface area is 234 Å². The number of carbonyl (C=O) groups is 2. The Morgan fingerprint density at radius 1 is 1.05 bits per heavy atom. The second kappa shape index (κ2) is 11.5. The van der Waals surface area contributed by atoms with Gasteiger partial charge in [0, 0.05) is 55.2 Å². The van der Waals surface area contributed by atoms with E-state index in [2.05, 4.69) is 25.7 Å². The lowest BCUT2D eigenvalue weighted by Crippen LogP contribution is -2.59. The molecule has 2 saturated heterocycles. The summed E-state index contributed by atoms with van der Waals surface area (Å²) in [5.74, 6) is -2.44. The van der Waals surface area contributed by atoms with E-state index in [0.29, 0.717) is 48.9 Å². The van der Waals surface area contributed by atoms with E-state index in [-0.39, 0.29) is 35.6 Å². The number of likely N-dealkylation sites (tertiary alicyclic amines) is 1. The number of benzene rings is 2. The predicted octanol–water partition coefficient (Wildman–Crippen LogP) is 4.97. The van der Waals surface area contributed by atoms with Gasteiger partial charge in [-0.1, -0.05) is 29.8 Å². The first-order chi connectivity index (χ1) is 18.3. The van der Waals surface area contributed by atoms with Crippen LogP contribution in [0.5, 0.6) is 0 Å². The average Bonchev–Trinajstić information content (AvgIpc) is 3.30. The van der Waals surface area contributed by atoms with E-state index in [9.17, 15) is 19.1 Å². The van der Waals surface area contributed by atoms with Crippen molar-refractivity contribution >= 4 is 23.5 Å². The number of nitrogens with zero attached hydrogens (tertiary/aromatic N) is 3. The van der Waals surface area contributed by atoms with E-state index in [0.717, 1.165) is 5.56 Å². The second-order valence-corrected chi connectivity index (χ2v) is 12.4. The third kappa shape index (κ3) is 6.44. The van der Waals surface area contributed by atoms with E-state index in [4.69, 9.17) is 11.6 Å². The summed E-state index contributed by atoms with van der Waals surface area (Å²) < 4.78 is 28.7. The summed E-state index contributed by atoms with van der Waals surface area (Å²) >= 11 is 6.00. The quantitative estimate of drug-likeness (QED) is 0.539. The van der Waals surface area contributed by atoms with E-state index in [1.54, 1.807) is 31.2 Å². The second-order valence-electron chi connectivity index (χ2n) is 12.0. The maximum absolute atomic E-state index is 15.0. The van der Waals surface area contributed by atoms with Crippen LogP contribution < -0.4 is 0 Å². The SMILES string of the molecule is Cc1cc(C[C@@H](C(=O)O)N2CCN(C(=O)[C@@H]3CN(C(C)(C)C)C[C@H]3c3ccc(Cl)cc3F)[C@@H](C)C2)ccc1F. The molecule has 39 heavy (non-hydrogen) atoms. The van der Waals surface area contributed by atoms with Crippen molar-refractivity contribution in [2.45, 2.75) is 64.6 Å². The van der Waals surface area contributed by atoms with Gasteiger partial charge in [0.25, 0.3) is 0 Å². The van der Waals surface area contributed by atoms with E-state index >= 15 is 4.39 Å². The molecule has 1 amide bonds. The molecule has 2 aromatic rings. The van der Waals surface area contributed by atoms with Crippen LogP contribution in [-0.2, 0) is 16.0 Å². The average molecular weight is 562 g/mol. The summed E-state index contributed by atoms with van der Waals surface area (Å²) in [7, 11) is 0. The van der Waals surface area contributed by atoms with Crippen LogP contribution >= 0.6 is 11.6 Å². The summed E-state index contributed by atoms with van der Waals surface area (Å²) in [5, 5.41) is 10.3. The van der Waals surface area contributed by atoms with Gasteiger partial charge in [-0.3, -0.25) is 19.4 Å². The molecule has 0 aromatic heterocycles. The number of aryl methyl sites for hydroxylation is 1. The Hall–Kier alpha value is -2.55. The van der Waals surface area contributed by atoms with E-state index in [1.165, 1.54) is 12.1 Å². The van der Waals surface area contributed by atoms with Crippen molar-refractivity contribution in [3.05, 3.63) is 69.7 Å². The largest absolute Gasteiger partial charge is 0.480 e. The Morgan fingerprint density at radius 2 is 1.77 bits per heavy atom. The Bertz CT molecular complexity index is 1230. The Kier molecular flexibility index (Phi) is 8.69. The highest BCUT2D eigenvalue weighted by Crippen LogP contribution is 2.39. The molecule has 2 aliphatic heterocycles. The summed E-state index contributed by atoms with van der Waals surface area (Å²) in [4.78, 5) is 32.2. The minimum Gasteiger partial charge on any atom is -0.480 e. The molecule has 4 atom stereocenters. The molecule has 2 fully saturated rings. The first-order valence-corrected chi connectivity index (χ1v) is 13.9. The van der Waals surface area contributed by atoms with Gasteiger partial charge >= 0.3 is 5.97 Å². The monoisotopic (exact) mass is 561 g/mol. The highest BCUT2D eigenvalue weighted by atomic mass is 35.5. The van der Waals surface area contributed by atoms with Crippen LogP contribution in [0.3, 0.4) is 0 Å². The lowest BCUT2D eigenvalue weighted by atomic mass is 9.87. The maximum atomic E-state index is 15.0. The van der Waals surface area contributed by atoms with E-state index in [1.807, 2.05) is 16.7 Å². The molecular formula is C30H38ClF2N3O3. The normalized spacial score (nSPS) is 23.7. The highest BCUT2D eigenvalue weighted by Gasteiger charge is 2.46. The highest BCUT2D eigenvalue weighted by molar-refractivity contribution is 6.30. The molecule has 1 N–H and O–H groups in total. The molecule has 212 valence electrons. The fraction of sp³-hybridized carbons (Fsp3) is 0.533. The number of hydrogen-bond donors (Lipinski definition) is 1. The van der Waals surface area contributed by atoms with Crippen molar-refractivity contribution in [1.82, 2.24) is 14.7 Å². The summed E-state index contributed by atoms with van der Waals surface area (Å²) in [6.07, 6.45) is 0.248. The molecular weight excluding hydrogens is 524 g/mol. The third-order valence-electron chi connectivity index (χ3n) is 8.27. The summed E-state index contributed by atoms with van der Waals surface area (Å²) in [6, 6.07) is 8.32. The van der Waals surface area contributed by atoms with Crippen molar-refractivity contribution in [1.29, 1.82) is 0 Å². The van der Waals surface area contributed by atoms with Crippen LogP contribution in [0.4, 0.5) is 8.78 Å². The number of carboxylic acids is 1. The van der Waals surface area contributed by atoms with Gasteiger partial charge in [0.05, 0.1) is 5.92 Å². The lowest BCUT2D eigenvalue weighted by molar-refractivity contribution is -0.147. The first-order valence-electron chi connectivity index (χ1n) is 13.5.